The van der Waals surface area contributed by atoms with E-state index in [-0.39, 0.29) is 39.5 Å². The minimum atomic E-state index is -1.50. The fourth-order valence-electron chi connectivity index (χ4n) is 5.11. The highest BCUT2D eigenvalue weighted by Gasteiger charge is 2.53. The van der Waals surface area contributed by atoms with Crippen molar-refractivity contribution in [1.29, 1.82) is 0 Å². The van der Waals surface area contributed by atoms with Gasteiger partial charge in [-0.3, -0.25) is 4.79 Å². The number of ether oxygens (including phenoxy) is 5. The van der Waals surface area contributed by atoms with Crippen molar-refractivity contribution in [3.8, 4) is 23.0 Å². The van der Waals surface area contributed by atoms with Crippen LogP contribution in [0.4, 0.5) is 5.69 Å². The Morgan fingerprint density at radius 2 is 1.80 bits per heavy atom. The number of amides is 1. The molecule has 45 heavy (non-hydrogen) atoms. The Kier molecular flexibility index (Phi) is 8.47. The van der Waals surface area contributed by atoms with Gasteiger partial charge in [0, 0.05) is 24.4 Å². The zero-order valence-corrected chi connectivity index (χ0v) is 24.9. The highest BCUT2D eigenvalue weighted by Crippen LogP contribution is 2.37. The van der Waals surface area contributed by atoms with Crippen LogP contribution in [-0.2, 0) is 14.2 Å². The number of H-pyrrole nitrogens is 1. The summed E-state index contributed by atoms with van der Waals surface area (Å²) in [7, 11) is 2.72. The Balaban J connectivity index is 1.38. The molecule has 0 radical (unpaired) electrons. The minimum absolute atomic E-state index is 0.0400. The summed E-state index contributed by atoms with van der Waals surface area (Å²) < 4.78 is 33.5. The van der Waals surface area contributed by atoms with E-state index >= 15 is 0 Å². The number of methoxy groups -OCH3 is 2. The van der Waals surface area contributed by atoms with Crippen molar-refractivity contribution in [2.75, 3.05) is 19.5 Å². The van der Waals surface area contributed by atoms with E-state index in [1.165, 1.54) is 50.6 Å². The lowest BCUT2D eigenvalue weighted by molar-refractivity contribution is -0.305. The summed E-state index contributed by atoms with van der Waals surface area (Å²) in [6.07, 6.45) is -4.92. The second kappa shape index (κ2) is 12.1. The number of aromatic amines is 1. The van der Waals surface area contributed by atoms with E-state index in [0.717, 1.165) is 5.69 Å². The molecule has 4 aromatic rings. The van der Waals surface area contributed by atoms with Crippen LogP contribution in [0.2, 0.25) is 0 Å². The third-order valence-corrected chi connectivity index (χ3v) is 7.35. The highest BCUT2D eigenvalue weighted by atomic mass is 16.7. The van der Waals surface area contributed by atoms with Crippen molar-refractivity contribution in [3.63, 3.8) is 0 Å². The molecule has 3 heterocycles. The summed E-state index contributed by atoms with van der Waals surface area (Å²) in [4.78, 5) is 41.3. The molecule has 2 aromatic heterocycles. The lowest BCUT2D eigenvalue weighted by Crippen LogP contribution is -2.65. The Morgan fingerprint density at radius 1 is 1.04 bits per heavy atom. The smallest absolute Gasteiger partial charge is 0.364 e. The van der Waals surface area contributed by atoms with Crippen molar-refractivity contribution in [2.24, 2.45) is 0 Å². The number of aliphatic hydroxyl groups is 1. The number of aromatic nitrogens is 1. The van der Waals surface area contributed by atoms with Gasteiger partial charge in [-0.1, -0.05) is 0 Å². The van der Waals surface area contributed by atoms with Crippen LogP contribution >= 0.6 is 0 Å². The maximum absolute atomic E-state index is 12.8. The second-order valence-corrected chi connectivity index (χ2v) is 10.9. The Bertz CT molecular complexity index is 1810. The molecule has 4 atom stereocenters. The fraction of sp³-hybridized carbons (Fsp3) is 0.323. The van der Waals surface area contributed by atoms with Gasteiger partial charge in [0.25, 0.3) is 5.91 Å². The zero-order valence-electron chi connectivity index (χ0n) is 24.9. The van der Waals surface area contributed by atoms with Crippen LogP contribution in [0.1, 0.15) is 40.4 Å². The molecule has 238 valence electrons. The van der Waals surface area contributed by atoms with Gasteiger partial charge in [-0.25, -0.2) is 9.59 Å². The van der Waals surface area contributed by atoms with Gasteiger partial charge < -0.3 is 53.7 Å². The first-order valence-electron chi connectivity index (χ1n) is 13.7. The van der Waals surface area contributed by atoms with E-state index in [2.05, 4.69) is 10.3 Å². The fourth-order valence-corrected chi connectivity index (χ4v) is 5.11. The maximum atomic E-state index is 12.8. The molecular formula is C31H32N2O12. The molecule has 0 saturated carbocycles. The number of carbonyl (C=O) groups excluding carboxylic acids is 2. The quantitative estimate of drug-likeness (QED) is 0.142. The topological polar surface area (TPSA) is 199 Å². The number of nitrogens with one attached hydrogen (secondary N) is 2. The molecule has 5 N–H and O–H groups in total. The van der Waals surface area contributed by atoms with Crippen molar-refractivity contribution in [1.82, 2.24) is 4.98 Å². The number of aryl methyl sites for hydroxylation is 1. The van der Waals surface area contributed by atoms with E-state index < -0.39 is 59.1 Å². The number of phenols is 1. The van der Waals surface area contributed by atoms with Crippen LogP contribution in [0.25, 0.3) is 11.0 Å². The van der Waals surface area contributed by atoms with Gasteiger partial charge in [-0.2, -0.15) is 0 Å². The number of hydrogen-bond donors (Lipinski definition) is 5. The normalized spacial score (nSPS) is 20.8. The number of fused-ring (bicyclic) bond motifs is 1. The van der Waals surface area contributed by atoms with Crippen molar-refractivity contribution in [3.05, 3.63) is 75.9 Å². The first-order valence-corrected chi connectivity index (χ1v) is 13.7. The minimum Gasteiger partial charge on any atom is -0.505 e. The third-order valence-electron chi connectivity index (χ3n) is 7.35. The van der Waals surface area contributed by atoms with Crippen LogP contribution < -0.4 is 20.4 Å². The Labute approximate surface area is 256 Å². The molecule has 1 amide bonds. The predicted octanol–water partition coefficient (Wildman–Crippen LogP) is 3.22. The molecule has 14 nitrogen and oxygen atoms in total. The van der Waals surface area contributed by atoms with Gasteiger partial charge in [-0.15, -0.1) is 0 Å². The Morgan fingerprint density at radius 3 is 2.47 bits per heavy atom. The monoisotopic (exact) mass is 624 g/mol. The summed E-state index contributed by atoms with van der Waals surface area (Å²) in [6, 6.07) is 11.2. The molecule has 0 spiro atoms. The lowest BCUT2D eigenvalue weighted by Gasteiger charge is -2.47. The van der Waals surface area contributed by atoms with E-state index in [1.807, 2.05) is 0 Å². The van der Waals surface area contributed by atoms with Crippen molar-refractivity contribution < 1.29 is 53.0 Å². The number of anilines is 1. The van der Waals surface area contributed by atoms with Crippen molar-refractivity contribution in [2.45, 2.75) is 51.0 Å². The number of phenolic OH excluding ortho intramolecular Hbond substituents is 1. The van der Waals surface area contributed by atoms with E-state index in [1.54, 1.807) is 32.9 Å². The molecular weight excluding hydrogens is 592 g/mol. The zero-order chi connectivity index (χ0) is 32.6. The highest BCUT2D eigenvalue weighted by molar-refractivity contribution is 6.06. The van der Waals surface area contributed by atoms with Crippen LogP contribution in [0.15, 0.2) is 57.7 Å². The van der Waals surface area contributed by atoms with Crippen molar-refractivity contribution >= 4 is 28.5 Å². The number of hydrogen-bond acceptors (Lipinski definition) is 12. The average Bonchev–Trinajstić information content (AvgIpc) is 3.44. The predicted molar refractivity (Wildman–Crippen MR) is 158 cm³/mol. The van der Waals surface area contributed by atoms with E-state index in [4.69, 9.17) is 28.1 Å². The molecule has 5 rings (SSSR count). The number of aromatic hydroxyl groups is 2. The standard InChI is InChI=1S/C31H32N2O12/c1-14-6-10-18(32-14)28(38)44-25-24(36)30(45-31(2,3)26(25)41-5)42-16-8-9-17-20(13-16)43-29(39)22(23(17)35)33-27(37)15-7-11-19(34)21(12-15)40-4/h6-13,24-26,30,32,34-36H,1-5H3,(H,33,37). The van der Waals surface area contributed by atoms with Crippen LogP contribution in [0.3, 0.4) is 0 Å². The molecule has 1 fully saturated rings. The summed E-state index contributed by atoms with van der Waals surface area (Å²) >= 11 is 0. The van der Waals surface area contributed by atoms with Crippen LogP contribution in [-0.4, -0.2) is 76.6 Å². The maximum Gasteiger partial charge on any atom is 0.364 e. The molecule has 2 aromatic carbocycles. The number of rotatable bonds is 8. The van der Waals surface area contributed by atoms with E-state index in [9.17, 15) is 29.7 Å². The molecule has 4 unspecified atom stereocenters. The summed E-state index contributed by atoms with van der Waals surface area (Å²) in [5.74, 6) is -2.09. The van der Waals surface area contributed by atoms with Gasteiger partial charge >= 0.3 is 11.6 Å². The first kappa shape index (κ1) is 31.4. The SMILES string of the molecule is COc1cc(C(=O)Nc2c(O)c3ccc(OC4OC(C)(C)C(OC)C(OC(=O)c5ccc(C)[nH]5)C4O)cc3oc2=O)ccc1O. The van der Waals surface area contributed by atoms with Crippen LogP contribution in [0.5, 0.6) is 23.0 Å². The van der Waals surface area contributed by atoms with Gasteiger partial charge in [0.1, 0.15) is 23.1 Å². The van der Waals surface area contributed by atoms with Gasteiger partial charge in [0.05, 0.1) is 18.1 Å². The summed E-state index contributed by atoms with van der Waals surface area (Å²) in [5.41, 5.74) is -1.76. The second-order valence-electron chi connectivity index (χ2n) is 10.9. The van der Waals surface area contributed by atoms with Crippen LogP contribution in [0, 0.1) is 6.92 Å². The average molecular weight is 625 g/mol. The molecule has 14 heteroatoms. The number of carbonyl (C=O) groups is 2. The Hall–Kier alpha value is -5.05. The lowest BCUT2D eigenvalue weighted by atomic mass is 9.89. The summed E-state index contributed by atoms with van der Waals surface area (Å²) in [6.45, 7) is 5.15. The molecule has 1 saturated heterocycles. The molecule has 0 aliphatic carbocycles. The number of benzene rings is 2. The number of esters is 1. The molecule has 0 bridgehead atoms. The largest absolute Gasteiger partial charge is 0.505 e. The van der Waals surface area contributed by atoms with E-state index in [0.29, 0.717) is 0 Å². The summed E-state index contributed by atoms with van der Waals surface area (Å²) in [5, 5.41) is 34.2. The first-order chi connectivity index (χ1) is 21.3. The molecule has 1 aliphatic heterocycles. The van der Waals surface area contributed by atoms with Gasteiger partial charge in [0.2, 0.25) is 6.29 Å². The van der Waals surface area contributed by atoms with Gasteiger partial charge in [-0.05, 0) is 63.2 Å². The number of aliphatic hydroxyl groups excluding tert-OH is 1. The molecule has 1 aliphatic rings. The third kappa shape index (κ3) is 6.16. The van der Waals surface area contributed by atoms with Gasteiger partial charge in [0.15, 0.2) is 35.1 Å².